The molecule has 0 heterocycles. The highest BCUT2D eigenvalue weighted by Crippen LogP contribution is 2.07. The lowest BCUT2D eigenvalue weighted by Crippen LogP contribution is -2.39. The van der Waals surface area contributed by atoms with Gasteiger partial charge in [0.05, 0.1) is 11.6 Å². The maximum absolute atomic E-state index is 11.6. The second-order valence-electron chi connectivity index (χ2n) is 3.38. The highest BCUT2D eigenvalue weighted by molar-refractivity contribution is 7.89. The molecule has 0 saturated heterocycles. The first kappa shape index (κ1) is 13.4. The Morgan fingerprint density at radius 2 is 2.00 bits per heavy atom. The van der Waals surface area contributed by atoms with E-state index in [1.807, 2.05) is 13.8 Å². The highest BCUT2D eigenvalue weighted by Gasteiger charge is 2.22. The summed E-state index contributed by atoms with van der Waals surface area (Å²) < 4.78 is 24.5. The lowest BCUT2D eigenvalue weighted by molar-refractivity contribution is 0.362. The summed E-state index contributed by atoms with van der Waals surface area (Å²) in [6, 6.07) is -0.0840. The monoisotopic (exact) mass is 221 g/mol. The predicted molar refractivity (Wildman–Crippen MR) is 57.8 cm³/mol. The Kier molecular flexibility index (Phi) is 5.07. The summed E-state index contributed by atoms with van der Waals surface area (Å²) in [4.78, 5) is 0. The number of nitrogens with zero attached hydrogens (tertiary/aromatic N) is 1. The molecule has 0 atom stereocenters. The minimum atomic E-state index is -3.17. The number of nitrogens with two attached hydrogens (primary N) is 1. The van der Waals surface area contributed by atoms with Crippen molar-refractivity contribution in [1.29, 1.82) is 5.41 Å². The molecule has 0 saturated carbocycles. The molecule has 0 aromatic heterocycles. The fourth-order valence-electron chi connectivity index (χ4n) is 1.11. The van der Waals surface area contributed by atoms with Crippen LogP contribution in [0, 0.1) is 5.41 Å². The molecular weight excluding hydrogens is 202 g/mol. The average Bonchev–Trinajstić information content (AvgIpc) is 2.03. The molecular formula is C8H19N3O2S. The Hall–Kier alpha value is -0.620. The van der Waals surface area contributed by atoms with Gasteiger partial charge in [-0.15, -0.1) is 0 Å². The van der Waals surface area contributed by atoms with Crippen molar-refractivity contribution in [1.82, 2.24) is 4.31 Å². The van der Waals surface area contributed by atoms with Crippen molar-refractivity contribution in [3.05, 3.63) is 0 Å². The van der Waals surface area contributed by atoms with Crippen LogP contribution in [0.1, 0.15) is 27.2 Å². The van der Waals surface area contributed by atoms with Crippen molar-refractivity contribution < 1.29 is 8.42 Å². The van der Waals surface area contributed by atoms with Crippen LogP contribution in [-0.2, 0) is 10.0 Å². The van der Waals surface area contributed by atoms with Gasteiger partial charge in [-0.3, -0.25) is 5.41 Å². The molecule has 0 aromatic rings. The largest absolute Gasteiger partial charge is 0.388 e. The van der Waals surface area contributed by atoms with Gasteiger partial charge in [-0.25, -0.2) is 8.42 Å². The summed E-state index contributed by atoms with van der Waals surface area (Å²) in [5, 5.41) is 7.05. The van der Waals surface area contributed by atoms with Crippen molar-refractivity contribution in [3.8, 4) is 0 Å². The van der Waals surface area contributed by atoms with E-state index < -0.39 is 10.0 Å². The van der Waals surface area contributed by atoms with Crippen LogP contribution in [0.5, 0.6) is 0 Å². The third-order valence-electron chi connectivity index (χ3n) is 1.90. The SMILES string of the molecule is CCS(=O)(=O)N(CCC(=N)N)C(C)C. The van der Waals surface area contributed by atoms with Gasteiger partial charge >= 0.3 is 0 Å². The van der Waals surface area contributed by atoms with Crippen molar-refractivity contribution in [3.63, 3.8) is 0 Å². The molecule has 0 rings (SSSR count). The summed E-state index contributed by atoms with van der Waals surface area (Å²) in [7, 11) is -3.17. The number of hydrogen-bond donors (Lipinski definition) is 2. The molecule has 0 aromatic carbocycles. The van der Waals surface area contributed by atoms with E-state index in [0.29, 0.717) is 6.54 Å². The van der Waals surface area contributed by atoms with Crippen LogP contribution < -0.4 is 5.73 Å². The zero-order valence-corrected chi connectivity index (χ0v) is 9.76. The van der Waals surface area contributed by atoms with Gasteiger partial charge in [0.2, 0.25) is 10.0 Å². The molecule has 0 aliphatic rings. The van der Waals surface area contributed by atoms with E-state index in [-0.39, 0.29) is 24.1 Å². The molecule has 84 valence electrons. The fourth-order valence-corrected chi connectivity index (χ4v) is 2.46. The van der Waals surface area contributed by atoms with E-state index in [2.05, 4.69) is 0 Å². The van der Waals surface area contributed by atoms with Crippen LogP contribution in [-0.4, -0.2) is 36.9 Å². The summed E-state index contributed by atoms with van der Waals surface area (Å²) in [6.45, 7) is 5.53. The fraction of sp³-hybridized carbons (Fsp3) is 0.875. The number of amidine groups is 1. The van der Waals surface area contributed by atoms with Gasteiger partial charge in [-0.2, -0.15) is 4.31 Å². The van der Waals surface area contributed by atoms with E-state index in [9.17, 15) is 8.42 Å². The Balaban J connectivity index is 4.54. The highest BCUT2D eigenvalue weighted by atomic mass is 32.2. The van der Waals surface area contributed by atoms with Crippen molar-refractivity contribution in [2.45, 2.75) is 33.2 Å². The molecule has 3 N–H and O–H groups in total. The Morgan fingerprint density at radius 3 is 2.29 bits per heavy atom. The van der Waals surface area contributed by atoms with Crippen LogP contribution in [0.15, 0.2) is 0 Å². The Bertz CT molecular complexity index is 285. The first-order valence-electron chi connectivity index (χ1n) is 4.63. The van der Waals surface area contributed by atoms with Gasteiger partial charge in [-0.05, 0) is 20.8 Å². The first-order chi connectivity index (χ1) is 6.31. The summed E-state index contributed by atoms with van der Waals surface area (Å²) in [5.74, 6) is 0.102. The molecule has 0 unspecified atom stereocenters. The van der Waals surface area contributed by atoms with Crippen molar-refractivity contribution in [2.24, 2.45) is 5.73 Å². The topological polar surface area (TPSA) is 87.2 Å². The molecule has 0 aliphatic carbocycles. The number of nitrogens with one attached hydrogen (secondary N) is 1. The Labute approximate surface area is 85.8 Å². The molecule has 0 aliphatic heterocycles. The van der Waals surface area contributed by atoms with E-state index in [4.69, 9.17) is 11.1 Å². The van der Waals surface area contributed by atoms with E-state index in [0.717, 1.165) is 0 Å². The molecule has 14 heavy (non-hydrogen) atoms. The smallest absolute Gasteiger partial charge is 0.214 e. The summed E-state index contributed by atoms with van der Waals surface area (Å²) in [6.07, 6.45) is 0.289. The summed E-state index contributed by atoms with van der Waals surface area (Å²) in [5.41, 5.74) is 5.19. The maximum Gasteiger partial charge on any atom is 0.214 e. The van der Waals surface area contributed by atoms with E-state index in [1.54, 1.807) is 6.92 Å². The molecule has 0 spiro atoms. The van der Waals surface area contributed by atoms with Gasteiger partial charge in [0.15, 0.2) is 0 Å². The third kappa shape index (κ3) is 4.06. The minimum Gasteiger partial charge on any atom is -0.388 e. The molecule has 6 heteroatoms. The first-order valence-corrected chi connectivity index (χ1v) is 6.24. The lowest BCUT2D eigenvalue weighted by atomic mass is 10.3. The third-order valence-corrected chi connectivity index (χ3v) is 3.95. The normalized spacial score (nSPS) is 12.4. The quantitative estimate of drug-likeness (QED) is 0.502. The minimum absolute atomic E-state index is 0.0157. The predicted octanol–water partition coefficient (Wildman–Crippen LogP) is 0.373. The molecule has 0 bridgehead atoms. The lowest BCUT2D eigenvalue weighted by Gasteiger charge is -2.24. The molecule has 0 amide bonds. The van der Waals surface area contributed by atoms with Gasteiger partial charge in [-0.1, -0.05) is 0 Å². The zero-order valence-electron chi connectivity index (χ0n) is 8.95. The molecule has 5 nitrogen and oxygen atoms in total. The van der Waals surface area contributed by atoms with Crippen molar-refractivity contribution >= 4 is 15.9 Å². The van der Waals surface area contributed by atoms with Crippen LogP contribution >= 0.6 is 0 Å². The number of sulfonamides is 1. The van der Waals surface area contributed by atoms with Gasteiger partial charge in [0.1, 0.15) is 0 Å². The van der Waals surface area contributed by atoms with Crippen LogP contribution in [0.2, 0.25) is 0 Å². The second kappa shape index (κ2) is 5.31. The van der Waals surface area contributed by atoms with Crippen LogP contribution in [0.25, 0.3) is 0 Å². The van der Waals surface area contributed by atoms with Gasteiger partial charge in [0, 0.05) is 19.0 Å². The standard InChI is InChI=1S/C8H19N3O2S/c1-4-14(12,13)11(7(2)3)6-5-8(9)10/h7H,4-6H2,1-3H3,(H3,9,10). The van der Waals surface area contributed by atoms with Gasteiger partial charge < -0.3 is 5.73 Å². The van der Waals surface area contributed by atoms with E-state index in [1.165, 1.54) is 4.31 Å². The molecule has 0 fully saturated rings. The van der Waals surface area contributed by atoms with Crippen molar-refractivity contribution in [2.75, 3.05) is 12.3 Å². The van der Waals surface area contributed by atoms with E-state index >= 15 is 0 Å². The summed E-state index contributed by atoms with van der Waals surface area (Å²) >= 11 is 0. The van der Waals surface area contributed by atoms with Crippen LogP contribution in [0.3, 0.4) is 0 Å². The number of rotatable bonds is 6. The maximum atomic E-state index is 11.6. The van der Waals surface area contributed by atoms with Gasteiger partial charge in [0.25, 0.3) is 0 Å². The Morgan fingerprint density at radius 1 is 1.50 bits per heavy atom. The molecule has 0 radical (unpaired) electrons. The average molecular weight is 221 g/mol. The zero-order chi connectivity index (χ0) is 11.4. The van der Waals surface area contributed by atoms with Crippen LogP contribution in [0.4, 0.5) is 0 Å². The second-order valence-corrected chi connectivity index (χ2v) is 5.59. The number of hydrogen-bond acceptors (Lipinski definition) is 3.